The van der Waals surface area contributed by atoms with Crippen LogP contribution in [0.15, 0.2) is 12.1 Å². The minimum Gasteiger partial charge on any atom is -0.348 e. The van der Waals surface area contributed by atoms with Gasteiger partial charge in [0.2, 0.25) is 5.91 Å². The van der Waals surface area contributed by atoms with E-state index in [0.717, 1.165) is 16.9 Å². The second kappa shape index (κ2) is 6.71. The van der Waals surface area contributed by atoms with Crippen molar-refractivity contribution >= 4 is 16.9 Å². The molecule has 0 aliphatic heterocycles. The molecule has 1 heterocycles. The molecule has 0 saturated heterocycles. The van der Waals surface area contributed by atoms with E-state index in [1.807, 2.05) is 13.1 Å². The molecular formula is C18H26N4O. The van der Waals surface area contributed by atoms with Gasteiger partial charge < -0.3 is 10.3 Å². The standard InChI is InChI=1S/C18H26N4O/c1-12-8-9-15-18(13(12)2)21-16(20-15)10-19-17(23)11-22(3)14-6-4-5-7-14/h8-9,14H,4-7,10-11H2,1-3H3,(H,19,23)(H,20,21). The van der Waals surface area contributed by atoms with Crippen LogP contribution >= 0.6 is 0 Å². The van der Waals surface area contributed by atoms with Crippen molar-refractivity contribution in [1.29, 1.82) is 0 Å². The second-order valence-corrected chi connectivity index (χ2v) is 6.72. The molecule has 1 amide bonds. The lowest BCUT2D eigenvalue weighted by atomic mass is 10.1. The van der Waals surface area contributed by atoms with E-state index in [-0.39, 0.29) is 5.91 Å². The Morgan fingerprint density at radius 1 is 1.35 bits per heavy atom. The van der Waals surface area contributed by atoms with E-state index in [9.17, 15) is 4.79 Å². The summed E-state index contributed by atoms with van der Waals surface area (Å²) in [6, 6.07) is 4.70. The van der Waals surface area contributed by atoms with Gasteiger partial charge in [-0.15, -0.1) is 0 Å². The molecular weight excluding hydrogens is 288 g/mol. The predicted molar refractivity (Wildman–Crippen MR) is 92.3 cm³/mol. The van der Waals surface area contributed by atoms with Crippen molar-refractivity contribution in [1.82, 2.24) is 20.2 Å². The Bertz CT molecular complexity index is 700. The second-order valence-electron chi connectivity index (χ2n) is 6.72. The van der Waals surface area contributed by atoms with Gasteiger partial charge in [-0.2, -0.15) is 0 Å². The monoisotopic (exact) mass is 314 g/mol. The van der Waals surface area contributed by atoms with E-state index in [2.05, 4.69) is 40.1 Å². The zero-order valence-electron chi connectivity index (χ0n) is 14.3. The minimum atomic E-state index is 0.0627. The SMILES string of the molecule is Cc1ccc2[nH]c(CNC(=O)CN(C)C3CCCC3)nc2c1C. The molecule has 0 unspecified atom stereocenters. The fourth-order valence-corrected chi connectivity index (χ4v) is 3.39. The molecule has 0 spiro atoms. The maximum absolute atomic E-state index is 12.1. The van der Waals surface area contributed by atoms with Gasteiger partial charge in [-0.1, -0.05) is 18.9 Å². The van der Waals surface area contributed by atoms with Crippen molar-refractivity contribution < 1.29 is 4.79 Å². The van der Waals surface area contributed by atoms with Crippen molar-refractivity contribution in [3.05, 3.63) is 29.1 Å². The fraction of sp³-hybridized carbons (Fsp3) is 0.556. The Morgan fingerprint density at radius 2 is 2.09 bits per heavy atom. The summed E-state index contributed by atoms with van der Waals surface area (Å²) in [7, 11) is 2.04. The Morgan fingerprint density at radius 3 is 2.83 bits per heavy atom. The number of nitrogens with zero attached hydrogens (tertiary/aromatic N) is 2. The third kappa shape index (κ3) is 3.55. The molecule has 0 radical (unpaired) electrons. The highest BCUT2D eigenvalue weighted by molar-refractivity contribution is 5.80. The van der Waals surface area contributed by atoms with Gasteiger partial charge in [0, 0.05) is 6.04 Å². The number of benzene rings is 1. The maximum atomic E-state index is 12.1. The van der Waals surface area contributed by atoms with Crippen molar-refractivity contribution in [3.8, 4) is 0 Å². The number of H-pyrrole nitrogens is 1. The van der Waals surface area contributed by atoms with Gasteiger partial charge >= 0.3 is 0 Å². The first-order chi connectivity index (χ1) is 11.0. The van der Waals surface area contributed by atoms with Crippen molar-refractivity contribution in [2.45, 2.75) is 52.1 Å². The number of nitrogens with one attached hydrogen (secondary N) is 2. The molecule has 1 aromatic heterocycles. The normalized spacial score (nSPS) is 15.7. The zero-order valence-corrected chi connectivity index (χ0v) is 14.3. The summed E-state index contributed by atoms with van der Waals surface area (Å²) in [6.07, 6.45) is 5.00. The molecule has 1 aliphatic carbocycles. The van der Waals surface area contributed by atoms with Gasteiger partial charge in [0.1, 0.15) is 5.82 Å². The van der Waals surface area contributed by atoms with E-state index < -0.39 is 0 Å². The number of hydrogen-bond donors (Lipinski definition) is 2. The number of carbonyl (C=O) groups is 1. The molecule has 2 aromatic rings. The Balaban J connectivity index is 1.57. The van der Waals surface area contributed by atoms with E-state index >= 15 is 0 Å². The molecule has 124 valence electrons. The van der Waals surface area contributed by atoms with Crippen LogP contribution in [0.25, 0.3) is 11.0 Å². The van der Waals surface area contributed by atoms with E-state index in [0.29, 0.717) is 19.1 Å². The van der Waals surface area contributed by atoms with Crippen LogP contribution in [0, 0.1) is 13.8 Å². The van der Waals surface area contributed by atoms with Gasteiger partial charge in [0.15, 0.2) is 0 Å². The molecule has 23 heavy (non-hydrogen) atoms. The Kier molecular flexibility index (Phi) is 4.66. The van der Waals surface area contributed by atoms with Gasteiger partial charge in [-0.3, -0.25) is 9.69 Å². The third-order valence-corrected chi connectivity index (χ3v) is 5.02. The van der Waals surface area contributed by atoms with Gasteiger partial charge in [0.25, 0.3) is 0 Å². The van der Waals surface area contributed by atoms with Gasteiger partial charge in [0.05, 0.1) is 24.1 Å². The molecule has 2 N–H and O–H groups in total. The summed E-state index contributed by atoms with van der Waals surface area (Å²) in [5.41, 5.74) is 4.45. The van der Waals surface area contributed by atoms with E-state index in [1.54, 1.807) is 0 Å². The fourth-order valence-electron chi connectivity index (χ4n) is 3.39. The van der Waals surface area contributed by atoms with Gasteiger partial charge in [-0.05, 0) is 50.9 Å². The summed E-state index contributed by atoms with van der Waals surface area (Å²) in [4.78, 5) is 22.2. The number of hydrogen-bond acceptors (Lipinski definition) is 3. The van der Waals surface area contributed by atoms with Crippen LogP contribution in [0.2, 0.25) is 0 Å². The number of aryl methyl sites for hydroxylation is 2. The molecule has 5 heteroatoms. The van der Waals surface area contributed by atoms with Crippen LogP contribution in [-0.4, -0.2) is 40.4 Å². The first kappa shape index (κ1) is 16.0. The maximum Gasteiger partial charge on any atom is 0.234 e. The largest absolute Gasteiger partial charge is 0.348 e. The molecule has 1 aromatic carbocycles. The summed E-state index contributed by atoms with van der Waals surface area (Å²) < 4.78 is 0. The molecule has 1 fully saturated rings. The zero-order chi connectivity index (χ0) is 16.4. The molecule has 5 nitrogen and oxygen atoms in total. The van der Waals surface area contributed by atoms with Crippen LogP contribution in [0.5, 0.6) is 0 Å². The average Bonchev–Trinajstić information content (AvgIpc) is 3.18. The number of rotatable bonds is 5. The molecule has 1 saturated carbocycles. The lowest BCUT2D eigenvalue weighted by Crippen LogP contribution is -2.39. The van der Waals surface area contributed by atoms with Crippen molar-refractivity contribution in [2.75, 3.05) is 13.6 Å². The van der Waals surface area contributed by atoms with Crippen LogP contribution in [0.1, 0.15) is 42.6 Å². The molecule has 0 bridgehead atoms. The Hall–Kier alpha value is -1.88. The average molecular weight is 314 g/mol. The highest BCUT2D eigenvalue weighted by Gasteiger charge is 2.21. The number of likely N-dealkylation sites (N-methyl/N-ethyl adjacent to an activating group) is 1. The number of amides is 1. The number of aromatic amines is 1. The summed E-state index contributed by atoms with van der Waals surface area (Å²) in [6.45, 7) is 5.08. The summed E-state index contributed by atoms with van der Waals surface area (Å²) >= 11 is 0. The van der Waals surface area contributed by atoms with Crippen LogP contribution in [0.3, 0.4) is 0 Å². The lowest BCUT2D eigenvalue weighted by molar-refractivity contribution is -0.122. The lowest BCUT2D eigenvalue weighted by Gasteiger charge is -2.23. The summed E-state index contributed by atoms with van der Waals surface area (Å²) in [5, 5.41) is 2.97. The highest BCUT2D eigenvalue weighted by Crippen LogP contribution is 2.22. The smallest absolute Gasteiger partial charge is 0.234 e. The van der Waals surface area contributed by atoms with Crippen LogP contribution < -0.4 is 5.32 Å². The van der Waals surface area contributed by atoms with Gasteiger partial charge in [-0.25, -0.2) is 4.98 Å². The van der Waals surface area contributed by atoms with Crippen molar-refractivity contribution in [2.24, 2.45) is 0 Å². The molecule has 3 rings (SSSR count). The Labute approximate surface area is 137 Å². The quantitative estimate of drug-likeness (QED) is 0.892. The molecule has 0 atom stereocenters. The predicted octanol–water partition coefficient (Wildman–Crippen LogP) is 2.67. The molecule has 1 aliphatic rings. The summed E-state index contributed by atoms with van der Waals surface area (Å²) in [5.74, 6) is 0.873. The van der Waals surface area contributed by atoms with E-state index in [1.165, 1.54) is 36.8 Å². The number of carbonyl (C=O) groups excluding carboxylic acids is 1. The number of fused-ring (bicyclic) bond motifs is 1. The van der Waals surface area contributed by atoms with Crippen LogP contribution in [0.4, 0.5) is 0 Å². The minimum absolute atomic E-state index is 0.0627. The highest BCUT2D eigenvalue weighted by atomic mass is 16.2. The van der Waals surface area contributed by atoms with Crippen LogP contribution in [-0.2, 0) is 11.3 Å². The topological polar surface area (TPSA) is 61.0 Å². The van der Waals surface area contributed by atoms with E-state index in [4.69, 9.17) is 0 Å². The number of aromatic nitrogens is 2. The first-order valence-electron chi connectivity index (χ1n) is 8.46. The van der Waals surface area contributed by atoms with Crippen molar-refractivity contribution in [3.63, 3.8) is 0 Å². The third-order valence-electron chi connectivity index (χ3n) is 5.02. The number of imidazole rings is 1. The first-order valence-corrected chi connectivity index (χ1v) is 8.46.